The molecule has 1 aromatic carbocycles. The molecule has 1 spiro atoms. The van der Waals surface area contributed by atoms with Gasteiger partial charge < -0.3 is 19.8 Å². The van der Waals surface area contributed by atoms with Crippen LogP contribution in [-0.4, -0.2) is 52.3 Å². The van der Waals surface area contributed by atoms with Crippen LogP contribution in [0.3, 0.4) is 0 Å². The van der Waals surface area contributed by atoms with Gasteiger partial charge in [0.1, 0.15) is 12.2 Å². The molecule has 0 radical (unpaired) electrons. The second kappa shape index (κ2) is 5.75. The van der Waals surface area contributed by atoms with Gasteiger partial charge in [-0.25, -0.2) is 0 Å². The fourth-order valence-electron chi connectivity index (χ4n) is 5.24. The van der Waals surface area contributed by atoms with Crippen LogP contribution in [0.4, 0.5) is 0 Å². The number of likely N-dealkylation sites (N-methyl/N-ethyl adjacent to an activating group) is 1. The van der Waals surface area contributed by atoms with Gasteiger partial charge in [0.15, 0.2) is 11.5 Å². The molecule has 2 N–H and O–H groups in total. The Morgan fingerprint density at radius 3 is 2.88 bits per heavy atom. The van der Waals surface area contributed by atoms with Crippen LogP contribution in [0.1, 0.15) is 24.5 Å². The molecule has 0 saturated carbocycles. The van der Waals surface area contributed by atoms with Crippen molar-refractivity contribution >= 4 is 15.9 Å². The molecule has 1 aromatic rings. The topological polar surface area (TPSA) is 52.9 Å². The zero-order valence-corrected chi connectivity index (χ0v) is 15.7. The smallest absolute Gasteiger partial charge is 0.165 e. The third-order valence-electron chi connectivity index (χ3n) is 6.15. The zero-order chi connectivity index (χ0) is 17.1. The molecule has 4 nitrogen and oxygen atoms in total. The van der Waals surface area contributed by atoms with Crippen LogP contribution < -0.4 is 4.74 Å². The van der Waals surface area contributed by atoms with Gasteiger partial charge in [0.05, 0.1) is 0 Å². The standard InChI is InChI=1S/C17H19NO3.C2H5Br/c1-18-7-6-17-10-3-5-13(20)16(17)21-15-12(19)4-2-9(14(15)17)8-11(10)18;1-2-3/h2-5,10-11,13,16,19-20H,6-8H2,1H3;2H2,1H3/t10-,11+,13-,16?,17-;/m0./s1. The SMILES string of the molecule is CCBr.CN1CC[C@]23c4c5ccc(O)c4OC2[C@@H](O)C=C[C@H]3[C@H]1C5. The molecular weight excluding hydrogens is 370 g/mol. The summed E-state index contributed by atoms with van der Waals surface area (Å²) in [7, 11) is 2.19. The van der Waals surface area contributed by atoms with Crippen LogP contribution in [0.5, 0.6) is 11.5 Å². The first-order chi connectivity index (χ1) is 11.5. The van der Waals surface area contributed by atoms with Crippen molar-refractivity contribution < 1.29 is 14.9 Å². The molecule has 2 aliphatic heterocycles. The lowest BCUT2D eigenvalue weighted by Gasteiger charge is -2.56. The number of phenols is 1. The lowest BCUT2D eigenvalue weighted by molar-refractivity contribution is -0.0453. The van der Waals surface area contributed by atoms with Gasteiger partial charge in [-0.2, -0.15) is 0 Å². The summed E-state index contributed by atoms with van der Waals surface area (Å²) in [5.41, 5.74) is 2.29. The largest absolute Gasteiger partial charge is 0.504 e. The quantitative estimate of drug-likeness (QED) is 0.525. The minimum absolute atomic E-state index is 0.160. The third kappa shape index (κ3) is 1.98. The van der Waals surface area contributed by atoms with Gasteiger partial charge >= 0.3 is 0 Å². The average molecular weight is 394 g/mol. The van der Waals surface area contributed by atoms with Crippen molar-refractivity contribution in [2.75, 3.05) is 18.9 Å². The van der Waals surface area contributed by atoms with Gasteiger partial charge in [-0.15, -0.1) is 0 Å². The molecule has 1 unspecified atom stereocenters. The average Bonchev–Trinajstić information content (AvgIpc) is 2.91. The molecule has 0 aromatic heterocycles. The molecular formula is C19H24BrNO3. The summed E-state index contributed by atoms with van der Waals surface area (Å²) in [6.45, 7) is 3.05. The number of likely N-dealkylation sites (tertiary alicyclic amines) is 1. The maximum absolute atomic E-state index is 10.4. The molecule has 0 amide bonds. The molecule has 2 heterocycles. The number of hydrogen-bond acceptors (Lipinski definition) is 4. The first-order valence-corrected chi connectivity index (χ1v) is 9.81. The van der Waals surface area contributed by atoms with Crippen LogP contribution >= 0.6 is 15.9 Å². The second-order valence-corrected chi connectivity index (χ2v) is 8.32. The van der Waals surface area contributed by atoms with Crippen molar-refractivity contribution in [2.45, 2.75) is 43.4 Å². The van der Waals surface area contributed by atoms with E-state index in [0.29, 0.717) is 17.7 Å². The van der Waals surface area contributed by atoms with Gasteiger partial charge in [0.2, 0.25) is 0 Å². The van der Waals surface area contributed by atoms with Crippen molar-refractivity contribution in [3.63, 3.8) is 0 Å². The summed E-state index contributed by atoms with van der Waals surface area (Å²) in [4.78, 5) is 2.43. The minimum Gasteiger partial charge on any atom is -0.504 e. The van der Waals surface area contributed by atoms with Crippen molar-refractivity contribution in [3.05, 3.63) is 35.4 Å². The summed E-state index contributed by atoms with van der Waals surface area (Å²) in [6, 6.07) is 4.23. The number of alkyl halides is 1. The Kier molecular flexibility index (Phi) is 3.94. The highest BCUT2D eigenvalue weighted by molar-refractivity contribution is 9.09. The predicted octanol–water partition coefficient (Wildman–Crippen LogP) is 2.60. The number of nitrogens with zero attached hydrogens (tertiary/aromatic N) is 1. The van der Waals surface area contributed by atoms with E-state index in [2.05, 4.69) is 34.0 Å². The number of ether oxygens (including phenoxy) is 1. The van der Waals surface area contributed by atoms with E-state index >= 15 is 0 Å². The highest BCUT2D eigenvalue weighted by Gasteiger charge is 2.64. The number of aliphatic hydroxyl groups excluding tert-OH is 1. The highest BCUT2D eigenvalue weighted by atomic mass is 79.9. The molecule has 2 aliphatic carbocycles. The molecule has 130 valence electrons. The first-order valence-electron chi connectivity index (χ1n) is 8.69. The second-order valence-electron chi connectivity index (χ2n) is 7.20. The van der Waals surface area contributed by atoms with E-state index in [1.54, 1.807) is 6.07 Å². The number of aromatic hydroxyl groups is 1. The summed E-state index contributed by atoms with van der Waals surface area (Å²) in [5, 5.41) is 21.7. The van der Waals surface area contributed by atoms with Crippen molar-refractivity contribution in [3.8, 4) is 11.5 Å². The Hall–Kier alpha value is -1.04. The maximum Gasteiger partial charge on any atom is 0.165 e. The van der Waals surface area contributed by atoms with Crippen LogP contribution in [0.25, 0.3) is 0 Å². The third-order valence-corrected chi connectivity index (χ3v) is 6.15. The molecule has 1 saturated heterocycles. The Morgan fingerprint density at radius 2 is 2.12 bits per heavy atom. The summed E-state index contributed by atoms with van der Waals surface area (Å²) in [6.07, 6.45) is 5.18. The number of hydrogen-bond donors (Lipinski definition) is 2. The van der Waals surface area contributed by atoms with Gasteiger partial charge in [-0.05, 0) is 38.1 Å². The zero-order valence-electron chi connectivity index (χ0n) is 14.1. The van der Waals surface area contributed by atoms with Crippen molar-refractivity contribution in [1.29, 1.82) is 0 Å². The van der Waals surface area contributed by atoms with Gasteiger partial charge in [0, 0.05) is 28.3 Å². The van der Waals surface area contributed by atoms with E-state index in [1.165, 1.54) is 11.1 Å². The predicted molar refractivity (Wildman–Crippen MR) is 97.0 cm³/mol. The minimum atomic E-state index is -0.594. The Balaban J connectivity index is 0.000000455. The fourth-order valence-corrected chi connectivity index (χ4v) is 5.24. The lowest BCUT2D eigenvalue weighted by Crippen LogP contribution is -2.64. The van der Waals surface area contributed by atoms with E-state index in [1.807, 2.05) is 19.1 Å². The van der Waals surface area contributed by atoms with Crippen molar-refractivity contribution in [1.82, 2.24) is 4.90 Å². The monoisotopic (exact) mass is 393 g/mol. The first kappa shape index (κ1) is 16.4. The summed E-state index contributed by atoms with van der Waals surface area (Å²) >= 11 is 3.15. The van der Waals surface area contributed by atoms with E-state index in [-0.39, 0.29) is 17.3 Å². The van der Waals surface area contributed by atoms with Gasteiger partial charge in [-0.1, -0.05) is 41.1 Å². The molecule has 5 heteroatoms. The molecule has 4 aliphatic rings. The molecule has 24 heavy (non-hydrogen) atoms. The van der Waals surface area contributed by atoms with Crippen LogP contribution in [-0.2, 0) is 11.8 Å². The van der Waals surface area contributed by atoms with E-state index in [4.69, 9.17) is 4.74 Å². The highest BCUT2D eigenvalue weighted by Crippen LogP contribution is 2.62. The number of phenolic OH excluding ortho intramolecular Hbond substituents is 1. The Morgan fingerprint density at radius 1 is 1.38 bits per heavy atom. The van der Waals surface area contributed by atoms with Crippen LogP contribution in [0.2, 0.25) is 0 Å². The normalized spacial score (nSPS) is 38.0. The van der Waals surface area contributed by atoms with Crippen molar-refractivity contribution in [2.24, 2.45) is 5.92 Å². The number of piperidine rings is 1. The summed E-state index contributed by atoms with van der Waals surface area (Å²) in [5.74, 6) is 1.19. The van der Waals surface area contributed by atoms with Gasteiger partial charge in [0.25, 0.3) is 0 Å². The molecule has 2 bridgehead atoms. The molecule has 5 atom stereocenters. The Labute approximate surface area is 151 Å². The maximum atomic E-state index is 10.4. The number of rotatable bonds is 0. The number of aliphatic hydroxyl groups is 1. The number of halogens is 1. The lowest BCUT2D eigenvalue weighted by atomic mass is 9.53. The van der Waals surface area contributed by atoms with Crippen LogP contribution in [0, 0.1) is 5.92 Å². The number of benzene rings is 1. The summed E-state index contributed by atoms with van der Waals surface area (Å²) < 4.78 is 6.09. The molecule has 5 rings (SSSR count). The Bertz CT molecular complexity index is 691. The molecule has 1 fully saturated rings. The van der Waals surface area contributed by atoms with E-state index in [0.717, 1.165) is 24.7 Å². The fraction of sp³-hybridized carbons (Fsp3) is 0.579. The van der Waals surface area contributed by atoms with E-state index < -0.39 is 6.10 Å². The van der Waals surface area contributed by atoms with Gasteiger partial charge in [-0.3, -0.25) is 0 Å². The van der Waals surface area contributed by atoms with E-state index in [9.17, 15) is 10.2 Å². The van der Waals surface area contributed by atoms with Crippen LogP contribution in [0.15, 0.2) is 24.3 Å².